The smallest absolute Gasteiger partial charge is 0.243 e. The van der Waals surface area contributed by atoms with Crippen LogP contribution in [0.4, 0.5) is 5.69 Å². The summed E-state index contributed by atoms with van der Waals surface area (Å²) < 4.78 is 30.0. The van der Waals surface area contributed by atoms with Gasteiger partial charge in [-0.2, -0.15) is 4.72 Å². The molecule has 0 unspecified atom stereocenters. The lowest BCUT2D eigenvalue weighted by Crippen LogP contribution is -2.57. The fourth-order valence-corrected chi connectivity index (χ4v) is 5.45. The van der Waals surface area contributed by atoms with Crippen LogP contribution in [0.25, 0.3) is 10.8 Å². The van der Waals surface area contributed by atoms with Crippen LogP contribution in [0.2, 0.25) is 0 Å². The predicted octanol–water partition coefficient (Wildman–Crippen LogP) is 1.55. The summed E-state index contributed by atoms with van der Waals surface area (Å²) in [5.74, 6) is -0.755. The van der Waals surface area contributed by atoms with E-state index >= 15 is 0 Å². The van der Waals surface area contributed by atoms with Gasteiger partial charge in [0.15, 0.2) is 0 Å². The van der Waals surface area contributed by atoms with E-state index in [0.29, 0.717) is 29.3 Å². The average Bonchev–Trinajstić information content (AvgIpc) is 3.20. The van der Waals surface area contributed by atoms with Gasteiger partial charge in [0.2, 0.25) is 21.9 Å². The van der Waals surface area contributed by atoms with Gasteiger partial charge in [0.25, 0.3) is 0 Å². The maximum Gasteiger partial charge on any atom is 0.243 e. The molecule has 0 spiro atoms. The van der Waals surface area contributed by atoms with Crippen molar-refractivity contribution in [3.8, 4) is 0 Å². The SMILES string of the molecule is CN(CCO)C(=O)C1(NS(=O)(=O)c2ccc3c(N(Cl)C(=N)N)cncc3c2)CCCC1.Cl. The van der Waals surface area contributed by atoms with Crippen molar-refractivity contribution in [1.82, 2.24) is 14.6 Å². The normalized spacial score (nSPS) is 15.2. The standard InChI is InChI=1S/C19H25ClN6O4S.ClH/c1-25(8-9-27)17(28)19(6-2-3-7-19)24-31(29,30)14-4-5-15-13(10-14)11-23-12-16(15)26(20)18(21)22;/h4-5,10-12,24,27H,2-3,6-9H2,1H3,(H3,21,22);1H. The highest BCUT2D eigenvalue weighted by Gasteiger charge is 2.45. The second-order valence-electron chi connectivity index (χ2n) is 7.55. The predicted molar refractivity (Wildman–Crippen MR) is 125 cm³/mol. The Hall–Kier alpha value is -2.18. The molecule has 1 saturated carbocycles. The minimum Gasteiger partial charge on any atom is -0.395 e. The molecule has 0 atom stereocenters. The number of pyridine rings is 1. The van der Waals surface area contributed by atoms with Crippen molar-refractivity contribution < 1.29 is 18.3 Å². The van der Waals surface area contributed by atoms with Crippen LogP contribution in [-0.2, 0) is 14.8 Å². The third-order valence-electron chi connectivity index (χ3n) is 5.42. The number of hydrogen-bond donors (Lipinski definition) is 4. The molecule has 1 aliphatic carbocycles. The number of hydrogen-bond acceptors (Lipinski definition) is 6. The molecule has 1 fully saturated rings. The monoisotopic (exact) mass is 504 g/mol. The molecule has 0 radical (unpaired) electrons. The Kier molecular flexibility index (Phi) is 8.29. The number of anilines is 1. The Morgan fingerprint density at radius 2 is 2.00 bits per heavy atom. The van der Waals surface area contributed by atoms with Crippen LogP contribution in [0.5, 0.6) is 0 Å². The fourth-order valence-electron chi connectivity index (χ4n) is 3.86. The Morgan fingerprint density at radius 1 is 1.34 bits per heavy atom. The lowest BCUT2D eigenvalue weighted by molar-refractivity contribution is -0.136. The number of aliphatic hydroxyl groups is 1. The number of carbonyl (C=O) groups excluding carboxylic acids is 1. The summed E-state index contributed by atoms with van der Waals surface area (Å²) in [4.78, 5) is 18.4. The zero-order valence-electron chi connectivity index (χ0n) is 17.4. The number of likely N-dealkylation sites (N-methyl/N-ethyl adjacent to an activating group) is 1. The van der Waals surface area contributed by atoms with E-state index in [-0.39, 0.29) is 36.4 Å². The molecule has 32 heavy (non-hydrogen) atoms. The summed E-state index contributed by atoms with van der Waals surface area (Å²) in [6, 6.07) is 4.40. The van der Waals surface area contributed by atoms with E-state index in [1.807, 2.05) is 0 Å². The van der Waals surface area contributed by atoms with E-state index in [0.717, 1.165) is 17.3 Å². The van der Waals surface area contributed by atoms with Crippen LogP contribution >= 0.6 is 24.2 Å². The Labute approximate surface area is 197 Å². The van der Waals surface area contributed by atoms with E-state index in [1.165, 1.54) is 29.4 Å². The highest BCUT2D eigenvalue weighted by Crippen LogP contribution is 2.34. The molecule has 10 nitrogen and oxygen atoms in total. The van der Waals surface area contributed by atoms with Crippen molar-refractivity contribution in [2.45, 2.75) is 36.1 Å². The van der Waals surface area contributed by atoms with E-state index in [9.17, 15) is 13.2 Å². The molecule has 3 rings (SSSR count). The quantitative estimate of drug-likeness (QED) is 0.253. The van der Waals surface area contributed by atoms with Gasteiger partial charge >= 0.3 is 0 Å². The summed E-state index contributed by atoms with van der Waals surface area (Å²) in [7, 11) is -2.49. The maximum absolute atomic E-state index is 13.2. The topological polar surface area (TPSA) is 153 Å². The summed E-state index contributed by atoms with van der Waals surface area (Å²) in [6.07, 6.45) is 5.13. The zero-order valence-corrected chi connectivity index (χ0v) is 19.8. The van der Waals surface area contributed by atoms with Crippen LogP contribution < -0.4 is 14.9 Å². The van der Waals surface area contributed by atoms with Gasteiger partial charge in [0.05, 0.1) is 23.4 Å². The highest BCUT2D eigenvalue weighted by molar-refractivity contribution is 7.89. The van der Waals surface area contributed by atoms with Gasteiger partial charge in [-0.15, -0.1) is 12.4 Å². The summed E-state index contributed by atoms with van der Waals surface area (Å²) in [5.41, 5.74) is 4.54. The van der Waals surface area contributed by atoms with Crippen molar-refractivity contribution in [2.75, 3.05) is 24.6 Å². The number of guanidine groups is 1. The zero-order chi connectivity index (χ0) is 22.8. The molecule has 1 aliphatic rings. The van der Waals surface area contributed by atoms with Gasteiger partial charge in [0, 0.05) is 42.3 Å². The van der Waals surface area contributed by atoms with Crippen molar-refractivity contribution in [3.63, 3.8) is 0 Å². The number of nitrogens with zero attached hydrogens (tertiary/aromatic N) is 3. The Morgan fingerprint density at radius 3 is 2.59 bits per heavy atom. The second kappa shape index (κ2) is 10.2. The van der Waals surface area contributed by atoms with Gasteiger partial charge in [-0.3, -0.25) is 15.2 Å². The van der Waals surface area contributed by atoms with Gasteiger partial charge < -0.3 is 15.7 Å². The number of halogens is 2. The van der Waals surface area contributed by atoms with Gasteiger partial charge in [-0.25, -0.2) is 12.8 Å². The van der Waals surface area contributed by atoms with Crippen molar-refractivity contribution >= 4 is 62.5 Å². The number of amides is 1. The molecule has 1 aromatic heterocycles. The number of rotatable bonds is 7. The Balaban J connectivity index is 0.00000363. The first-order valence-corrected chi connectivity index (χ1v) is 11.5. The molecule has 0 saturated heterocycles. The summed E-state index contributed by atoms with van der Waals surface area (Å²) >= 11 is 6.02. The number of nitrogens with two attached hydrogens (primary N) is 1. The minimum absolute atomic E-state index is 0. The number of sulfonamides is 1. The summed E-state index contributed by atoms with van der Waals surface area (Å²) in [5, 5.41) is 17.7. The molecule has 0 aliphatic heterocycles. The minimum atomic E-state index is -4.04. The first-order valence-electron chi connectivity index (χ1n) is 9.69. The third kappa shape index (κ3) is 5.07. The molecule has 1 aromatic carbocycles. The molecule has 176 valence electrons. The molecule has 5 N–H and O–H groups in total. The number of nitrogens with one attached hydrogen (secondary N) is 2. The largest absolute Gasteiger partial charge is 0.395 e. The van der Waals surface area contributed by atoms with Gasteiger partial charge in [-0.05, 0) is 25.0 Å². The number of benzene rings is 1. The molecular formula is C19H26Cl2N6O4S. The number of carbonyl (C=O) groups is 1. The fraction of sp³-hybridized carbons (Fsp3) is 0.421. The number of aliphatic hydroxyl groups excluding tert-OH is 1. The lowest BCUT2D eigenvalue weighted by Gasteiger charge is -2.32. The molecule has 1 amide bonds. The van der Waals surface area contributed by atoms with Crippen LogP contribution in [0.1, 0.15) is 25.7 Å². The molecule has 2 aromatic rings. The van der Waals surface area contributed by atoms with Gasteiger partial charge in [-0.1, -0.05) is 18.9 Å². The van der Waals surface area contributed by atoms with E-state index < -0.39 is 21.5 Å². The van der Waals surface area contributed by atoms with E-state index in [2.05, 4.69) is 9.71 Å². The van der Waals surface area contributed by atoms with Crippen LogP contribution in [0.3, 0.4) is 0 Å². The van der Waals surface area contributed by atoms with E-state index in [4.69, 9.17) is 28.0 Å². The maximum atomic E-state index is 13.2. The average molecular weight is 505 g/mol. The van der Waals surface area contributed by atoms with Crippen molar-refractivity contribution in [2.24, 2.45) is 5.73 Å². The summed E-state index contributed by atoms with van der Waals surface area (Å²) in [6.45, 7) is -0.0826. The van der Waals surface area contributed by atoms with Crippen LogP contribution in [0.15, 0.2) is 35.5 Å². The lowest BCUT2D eigenvalue weighted by atomic mass is 9.97. The molecule has 13 heteroatoms. The number of aromatic nitrogens is 1. The first kappa shape index (κ1) is 26.1. The number of fused-ring (bicyclic) bond motifs is 1. The van der Waals surface area contributed by atoms with Crippen molar-refractivity contribution in [3.05, 3.63) is 30.6 Å². The highest BCUT2D eigenvalue weighted by atomic mass is 35.5. The second-order valence-corrected chi connectivity index (χ2v) is 9.57. The Bertz CT molecular complexity index is 1110. The molecule has 0 bridgehead atoms. The molecular weight excluding hydrogens is 479 g/mol. The molecule has 1 heterocycles. The van der Waals surface area contributed by atoms with Gasteiger partial charge in [0.1, 0.15) is 5.54 Å². The van der Waals surface area contributed by atoms with Crippen LogP contribution in [0, 0.1) is 5.41 Å². The first-order chi connectivity index (χ1) is 14.6. The van der Waals surface area contributed by atoms with E-state index in [1.54, 1.807) is 13.1 Å². The van der Waals surface area contributed by atoms with Crippen molar-refractivity contribution in [1.29, 1.82) is 5.41 Å². The van der Waals surface area contributed by atoms with Crippen LogP contribution in [-0.4, -0.2) is 61.0 Å². The third-order valence-corrected chi connectivity index (χ3v) is 7.32.